The molecular weight excluding hydrogens is 266 g/mol. The average molecular weight is 291 g/mol. The van der Waals surface area contributed by atoms with E-state index in [9.17, 15) is 9.59 Å². The van der Waals surface area contributed by atoms with Gasteiger partial charge in [0.25, 0.3) is 0 Å². The maximum absolute atomic E-state index is 12.0. The Balaban J connectivity index is 2.43. The number of anilines is 1. The van der Waals surface area contributed by atoms with Crippen molar-refractivity contribution in [3.63, 3.8) is 0 Å². The predicted octanol–water partition coefficient (Wildman–Crippen LogP) is 3.86. The van der Waals surface area contributed by atoms with Crippen molar-refractivity contribution in [2.45, 2.75) is 52.4 Å². The molecule has 116 valence electrons. The number of hydrogen-bond donors (Lipinski definition) is 2. The summed E-state index contributed by atoms with van der Waals surface area (Å²) >= 11 is 0. The van der Waals surface area contributed by atoms with Gasteiger partial charge in [-0.2, -0.15) is 0 Å². The maximum atomic E-state index is 12.0. The van der Waals surface area contributed by atoms with Gasteiger partial charge < -0.3 is 10.4 Å². The molecule has 0 radical (unpaired) electrons. The zero-order valence-electron chi connectivity index (χ0n) is 12.9. The largest absolute Gasteiger partial charge is 0.481 e. The summed E-state index contributed by atoms with van der Waals surface area (Å²) in [6.45, 7) is 4.04. The molecule has 4 heteroatoms. The second kappa shape index (κ2) is 9.16. The van der Waals surface area contributed by atoms with Crippen molar-refractivity contribution in [3.8, 4) is 0 Å². The first-order chi connectivity index (χ1) is 10.1. The fraction of sp³-hybridized carbons (Fsp3) is 0.529. The van der Waals surface area contributed by atoms with Crippen LogP contribution in [0.3, 0.4) is 0 Å². The van der Waals surface area contributed by atoms with E-state index in [0.29, 0.717) is 6.42 Å². The van der Waals surface area contributed by atoms with Crippen molar-refractivity contribution in [1.29, 1.82) is 0 Å². The molecule has 1 aromatic carbocycles. The topological polar surface area (TPSA) is 66.4 Å². The Morgan fingerprint density at radius 1 is 1.10 bits per heavy atom. The van der Waals surface area contributed by atoms with Gasteiger partial charge in [0.15, 0.2) is 0 Å². The fourth-order valence-electron chi connectivity index (χ4n) is 2.26. The minimum atomic E-state index is -0.741. The van der Waals surface area contributed by atoms with Crippen LogP contribution in [0.5, 0.6) is 0 Å². The molecule has 0 aliphatic carbocycles. The average Bonchev–Trinajstić information content (AvgIpc) is 2.46. The van der Waals surface area contributed by atoms with Gasteiger partial charge in [0.2, 0.25) is 5.91 Å². The third-order valence-corrected chi connectivity index (χ3v) is 3.68. The lowest BCUT2D eigenvalue weighted by molar-refractivity contribution is -0.137. The number of carboxylic acids is 1. The van der Waals surface area contributed by atoms with E-state index < -0.39 is 5.97 Å². The number of carbonyl (C=O) groups is 2. The summed E-state index contributed by atoms with van der Waals surface area (Å²) in [6.07, 6.45) is 4.36. The van der Waals surface area contributed by atoms with E-state index in [0.717, 1.165) is 31.4 Å². The highest BCUT2D eigenvalue weighted by Gasteiger charge is 2.13. The minimum absolute atomic E-state index is 0.0701. The maximum Gasteiger partial charge on any atom is 0.303 e. The summed E-state index contributed by atoms with van der Waals surface area (Å²) in [5, 5.41) is 11.5. The van der Waals surface area contributed by atoms with Gasteiger partial charge in [-0.25, -0.2) is 0 Å². The standard InChI is InChI=1S/C17H25NO3/c1-3-14(4-2)17(21)18-15-11-9-13(10-12-15)7-5-6-8-16(19)20/h9-12,14H,3-8H2,1-2H3,(H,18,21)(H,19,20). The van der Waals surface area contributed by atoms with Gasteiger partial charge >= 0.3 is 5.97 Å². The van der Waals surface area contributed by atoms with E-state index in [1.165, 1.54) is 5.56 Å². The van der Waals surface area contributed by atoms with Crippen molar-refractivity contribution < 1.29 is 14.7 Å². The molecule has 1 amide bonds. The molecule has 1 aromatic rings. The molecule has 2 N–H and O–H groups in total. The van der Waals surface area contributed by atoms with Gasteiger partial charge in [-0.1, -0.05) is 26.0 Å². The third kappa shape index (κ3) is 6.43. The molecular formula is C17H25NO3. The number of aliphatic carboxylic acids is 1. The van der Waals surface area contributed by atoms with Crippen molar-refractivity contribution >= 4 is 17.6 Å². The third-order valence-electron chi connectivity index (χ3n) is 3.68. The first-order valence-electron chi connectivity index (χ1n) is 7.68. The van der Waals surface area contributed by atoms with Crippen LogP contribution in [-0.4, -0.2) is 17.0 Å². The molecule has 4 nitrogen and oxygen atoms in total. The van der Waals surface area contributed by atoms with Gasteiger partial charge in [-0.05, 0) is 49.8 Å². The molecule has 0 unspecified atom stereocenters. The lowest BCUT2D eigenvalue weighted by atomic mass is 10.0. The normalized spacial score (nSPS) is 10.6. The minimum Gasteiger partial charge on any atom is -0.481 e. The van der Waals surface area contributed by atoms with E-state index in [4.69, 9.17) is 5.11 Å². The molecule has 21 heavy (non-hydrogen) atoms. The highest BCUT2D eigenvalue weighted by molar-refractivity contribution is 5.92. The van der Waals surface area contributed by atoms with Crippen LogP contribution in [0.1, 0.15) is 51.5 Å². The summed E-state index contributed by atoms with van der Waals surface area (Å²) in [5.41, 5.74) is 1.99. The summed E-state index contributed by atoms with van der Waals surface area (Å²) in [4.78, 5) is 22.4. The zero-order valence-corrected chi connectivity index (χ0v) is 12.9. The van der Waals surface area contributed by atoms with E-state index in [2.05, 4.69) is 5.32 Å². The molecule has 0 aromatic heterocycles. The first kappa shape index (κ1) is 17.2. The number of carboxylic acid groups (broad SMARTS) is 1. The molecule has 0 saturated carbocycles. The molecule has 1 rings (SSSR count). The molecule has 0 atom stereocenters. The second-order valence-corrected chi connectivity index (χ2v) is 5.30. The Kier molecular flexibility index (Phi) is 7.51. The number of hydrogen-bond acceptors (Lipinski definition) is 2. The summed E-state index contributed by atoms with van der Waals surface area (Å²) < 4.78 is 0. The molecule has 0 fully saturated rings. The lowest BCUT2D eigenvalue weighted by Gasteiger charge is -2.13. The molecule has 0 bridgehead atoms. The number of amides is 1. The number of nitrogens with one attached hydrogen (secondary N) is 1. The van der Waals surface area contributed by atoms with E-state index in [1.54, 1.807) is 0 Å². The number of carbonyl (C=O) groups excluding carboxylic acids is 1. The SMILES string of the molecule is CCC(CC)C(=O)Nc1ccc(CCCCC(=O)O)cc1. The fourth-order valence-corrected chi connectivity index (χ4v) is 2.26. The van der Waals surface area contributed by atoms with Crippen LogP contribution in [0.25, 0.3) is 0 Å². The van der Waals surface area contributed by atoms with E-state index in [1.807, 2.05) is 38.1 Å². The van der Waals surface area contributed by atoms with Gasteiger partial charge in [-0.3, -0.25) is 9.59 Å². The summed E-state index contributed by atoms with van der Waals surface area (Å²) in [7, 11) is 0. The number of aryl methyl sites for hydroxylation is 1. The van der Waals surface area contributed by atoms with Crippen LogP contribution in [0.4, 0.5) is 5.69 Å². The Hall–Kier alpha value is -1.84. The van der Waals surface area contributed by atoms with E-state index >= 15 is 0 Å². The monoisotopic (exact) mass is 291 g/mol. The summed E-state index contributed by atoms with van der Waals surface area (Å²) in [5.74, 6) is -0.593. The van der Waals surface area contributed by atoms with Crippen LogP contribution in [0.15, 0.2) is 24.3 Å². The molecule has 0 saturated heterocycles. The van der Waals surface area contributed by atoms with Gasteiger partial charge in [0, 0.05) is 18.0 Å². The van der Waals surface area contributed by atoms with Crippen LogP contribution in [0.2, 0.25) is 0 Å². The van der Waals surface area contributed by atoms with Crippen molar-refractivity contribution in [2.24, 2.45) is 5.92 Å². The van der Waals surface area contributed by atoms with Crippen molar-refractivity contribution in [3.05, 3.63) is 29.8 Å². The Bertz CT molecular complexity index is 450. The van der Waals surface area contributed by atoms with Crippen LogP contribution in [0, 0.1) is 5.92 Å². The second-order valence-electron chi connectivity index (χ2n) is 5.30. The smallest absolute Gasteiger partial charge is 0.303 e. The number of rotatable bonds is 9. The Morgan fingerprint density at radius 2 is 1.71 bits per heavy atom. The molecule has 0 spiro atoms. The van der Waals surface area contributed by atoms with Gasteiger partial charge in [-0.15, -0.1) is 0 Å². The van der Waals surface area contributed by atoms with Crippen LogP contribution >= 0.6 is 0 Å². The Morgan fingerprint density at radius 3 is 2.24 bits per heavy atom. The molecule has 0 aliphatic rings. The highest BCUT2D eigenvalue weighted by atomic mass is 16.4. The van der Waals surface area contributed by atoms with Crippen molar-refractivity contribution in [2.75, 3.05) is 5.32 Å². The molecule has 0 heterocycles. The number of benzene rings is 1. The number of unbranched alkanes of at least 4 members (excludes halogenated alkanes) is 1. The van der Waals surface area contributed by atoms with Crippen molar-refractivity contribution in [1.82, 2.24) is 0 Å². The quantitative estimate of drug-likeness (QED) is 0.679. The van der Waals surface area contributed by atoms with Crippen LogP contribution < -0.4 is 5.32 Å². The van der Waals surface area contributed by atoms with Gasteiger partial charge in [0.05, 0.1) is 0 Å². The predicted molar refractivity (Wildman–Crippen MR) is 84.3 cm³/mol. The summed E-state index contributed by atoms with van der Waals surface area (Å²) in [6, 6.07) is 7.80. The van der Waals surface area contributed by atoms with E-state index in [-0.39, 0.29) is 18.2 Å². The van der Waals surface area contributed by atoms with Crippen LogP contribution in [-0.2, 0) is 16.0 Å². The van der Waals surface area contributed by atoms with Gasteiger partial charge in [0.1, 0.15) is 0 Å². The highest BCUT2D eigenvalue weighted by Crippen LogP contribution is 2.15. The molecule has 0 aliphatic heterocycles. The zero-order chi connectivity index (χ0) is 15.7. The first-order valence-corrected chi connectivity index (χ1v) is 7.68. The lowest BCUT2D eigenvalue weighted by Crippen LogP contribution is -2.21. The Labute approximate surface area is 126 Å².